The summed E-state index contributed by atoms with van der Waals surface area (Å²) in [7, 11) is 2.18. The van der Waals surface area contributed by atoms with Crippen molar-refractivity contribution >= 4 is 15.9 Å². The van der Waals surface area contributed by atoms with Crippen LogP contribution in [-0.4, -0.2) is 36.8 Å². The average Bonchev–Trinajstić information content (AvgIpc) is 2.73. The van der Waals surface area contributed by atoms with Crippen LogP contribution in [0.1, 0.15) is 29.9 Å². The number of rotatable bonds is 4. The van der Waals surface area contributed by atoms with Gasteiger partial charge in [-0.15, -0.1) is 0 Å². The summed E-state index contributed by atoms with van der Waals surface area (Å²) in [5.74, 6) is 0.668. The van der Waals surface area contributed by atoms with Crippen molar-refractivity contribution in [2.45, 2.75) is 25.2 Å². The summed E-state index contributed by atoms with van der Waals surface area (Å²) in [5, 5.41) is 8.84. The Morgan fingerprint density at radius 2 is 2.29 bits per heavy atom. The molecule has 1 N–H and O–H groups in total. The van der Waals surface area contributed by atoms with E-state index in [4.69, 9.17) is 5.11 Å². The van der Waals surface area contributed by atoms with Gasteiger partial charge in [0.15, 0.2) is 0 Å². The number of nitrogens with zero attached hydrogens (tertiary/aromatic N) is 1. The van der Waals surface area contributed by atoms with E-state index < -0.39 is 0 Å². The lowest BCUT2D eigenvalue weighted by molar-refractivity contribution is 0.288. The molecule has 1 heterocycles. The fraction of sp³-hybridized carbons (Fsp3) is 0.571. The van der Waals surface area contributed by atoms with Gasteiger partial charge >= 0.3 is 0 Å². The van der Waals surface area contributed by atoms with Crippen LogP contribution in [0.3, 0.4) is 0 Å². The summed E-state index contributed by atoms with van der Waals surface area (Å²) in [4.78, 5) is 2.39. The van der Waals surface area contributed by atoms with E-state index in [1.54, 1.807) is 0 Å². The van der Waals surface area contributed by atoms with Gasteiger partial charge in [-0.1, -0.05) is 28.1 Å². The van der Waals surface area contributed by atoms with Crippen LogP contribution >= 0.6 is 15.9 Å². The Morgan fingerprint density at radius 3 is 2.88 bits per heavy atom. The number of hydrogen-bond acceptors (Lipinski definition) is 2. The molecule has 1 unspecified atom stereocenters. The molecule has 94 valence electrons. The molecule has 2 rings (SSSR count). The number of halogens is 1. The maximum Gasteiger partial charge on any atom is 0.0434 e. The zero-order valence-corrected chi connectivity index (χ0v) is 11.9. The largest absolute Gasteiger partial charge is 0.396 e. The van der Waals surface area contributed by atoms with Crippen molar-refractivity contribution < 1.29 is 5.11 Å². The molecule has 3 heteroatoms. The Bertz CT molecular complexity index is 380. The fourth-order valence-electron chi connectivity index (χ4n) is 2.53. The number of aliphatic hydroxyl groups excluding tert-OH is 1. The lowest BCUT2D eigenvalue weighted by Crippen LogP contribution is -2.13. The average molecular weight is 298 g/mol. The summed E-state index contributed by atoms with van der Waals surface area (Å²) in [5.41, 5.74) is 2.74. The second-order valence-corrected chi connectivity index (χ2v) is 5.79. The van der Waals surface area contributed by atoms with Crippen molar-refractivity contribution in [3.05, 3.63) is 33.8 Å². The Kier molecular flexibility index (Phi) is 4.60. The zero-order valence-electron chi connectivity index (χ0n) is 10.3. The van der Waals surface area contributed by atoms with Gasteiger partial charge in [0, 0.05) is 17.6 Å². The van der Waals surface area contributed by atoms with E-state index >= 15 is 0 Å². The van der Waals surface area contributed by atoms with E-state index in [0.717, 1.165) is 19.4 Å². The Morgan fingerprint density at radius 1 is 1.47 bits per heavy atom. The van der Waals surface area contributed by atoms with Crippen molar-refractivity contribution in [3.63, 3.8) is 0 Å². The smallest absolute Gasteiger partial charge is 0.0434 e. The minimum Gasteiger partial charge on any atom is -0.396 e. The van der Waals surface area contributed by atoms with Crippen LogP contribution in [0.5, 0.6) is 0 Å². The summed E-state index contributed by atoms with van der Waals surface area (Å²) < 4.78 is 1.23. The molecule has 1 aliphatic rings. The zero-order chi connectivity index (χ0) is 12.3. The van der Waals surface area contributed by atoms with E-state index in [0.29, 0.717) is 5.92 Å². The molecule has 17 heavy (non-hydrogen) atoms. The van der Waals surface area contributed by atoms with Gasteiger partial charge in [0.1, 0.15) is 0 Å². The lowest BCUT2D eigenvalue weighted by Gasteiger charge is -2.14. The second kappa shape index (κ2) is 5.98. The van der Waals surface area contributed by atoms with Crippen LogP contribution in [-0.2, 0) is 6.42 Å². The first-order chi connectivity index (χ1) is 8.20. The van der Waals surface area contributed by atoms with Crippen molar-refractivity contribution in [2.75, 3.05) is 26.7 Å². The van der Waals surface area contributed by atoms with Crippen LogP contribution in [0.4, 0.5) is 0 Å². The molecule has 0 saturated carbocycles. The van der Waals surface area contributed by atoms with Gasteiger partial charge in [-0.3, -0.25) is 0 Å². The number of hydrogen-bond donors (Lipinski definition) is 1. The molecule has 1 aromatic rings. The molecular weight excluding hydrogens is 278 g/mol. The van der Waals surface area contributed by atoms with Gasteiger partial charge in [0.25, 0.3) is 0 Å². The highest BCUT2D eigenvalue weighted by Gasteiger charge is 2.22. The van der Waals surface area contributed by atoms with Gasteiger partial charge in [0.05, 0.1) is 0 Å². The molecule has 1 aliphatic heterocycles. The van der Waals surface area contributed by atoms with E-state index in [2.05, 4.69) is 46.1 Å². The first kappa shape index (κ1) is 13.1. The molecule has 1 fully saturated rings. The number of likely N-dealkylation sites (N-methyl/N-ethyl adjacent to an activating group) is 1. The van der Waals surface area contributed by atoms with Gasteiger partial charge in [-0.25, -0.2) is 0 Å². The molecule has 0 aliphatic carbocycles. The maximum atomic E-state index is 8.84. The standard InChI is InChI=1S/C14H20BrNO/c1-16-7-6-12(10-16)13-5-4-11(3-2-8-17)9-14(13)15/h4-5,9,12,17H,2-3,6-8,10H2,1H3. The molecule has 1 aromatic carbocycles. The lowest BCUT2D eigenvalue weighted by atomic mass is 9.96. The van der Waals surface area contributed by atoms with Gasteiger partial charge in [-0.05, 0) is 56.0 Å². The highest BCUT2D eigenvalue weighted by Crippen LogP contribution is 2.32. The molecule has 0 bridgehead atoms. The Labute approximate surface area is 112 Å². The van der Waals surface area contributed by atoms with Gasteiger partial charge in [0.2, 0.25) is 0 Å². The van der Waals surface area contributed by atoms with Crippen LogP contribution in [0, 0.1) is 0 Å². The number of likely N-dealkylation sites (tertiary alicyclic amines) is 1. The molecule has 0 radical (unpaired) electrons. The summed E-state index contributed by atoms with van der Waals surface area (Å²) in [6.45, 7) is 2.63. The van der Waals surface area contributed by atoms with Crippen LogP contribution in [0.25, 0.3) is 0 Å². The second-order valence-electron chi connectivity index (χ2n) is 4.93. The van der Waals surface area contributed by atoms with E-state index in [1.807, 2.05) is 0 Å². The quantitative estimate of drug-likeness (QED) is 0.924. The highest BCUT2D eigenvalue weighted by molar-refractivity contribution is 9.10. The molecule has 0 aromatic heterocycles. The molecule has 0 spiro atoms. The highest BCUT2D eigenvalue weighted by atomic mass is 79.9. The predicted molar refractivity (Wildman–Crippen MR) is 74.4 cm³/mol. The van der Waals surface area contributed by atoms with Crippen molar-refractivity contribution in [1.82, 2.24) is 4.90 Å². The first-order valence-electron chi connectivity index (χ1n) is 6.28. The number of aliphatic hydroxyl groups is 1. The van der Waals surface area contributed by atoms with Crippen LogP contribution in [0.15, 0.2) is 22.7 Å². The monoisotopic (exact) mass is 297 g/mol. The third kappa shape index (κ3) is 3.30. The first-order valence-corrected chi connectivity index (χ1v) is 7.07. The van der Waals surface area contributed by atoms with Gasteiger partial charge < -0.3 is 10.0 Å². The minimum absolute atomic E-state index is 0.271. The third-order valence-electron chi connectivity index (χ3n) is 3.52. The summed E-state index contributed by atoms with van der Waals surface area (Å²) in [6, 6.07) is 6.66. The Hall–Kier alpha value is -0.380. The van der Waals surface area contributed by atoms with E-state index in [-0.39, 0.29) is 6.61 Å². The SMILES string of the molecule is CN1CCC(c2ccc(CCCO)cc2Br)C1. The fourth-order valence-corrected chi connectivity index (χ4v) is 3.28. The summed E-state index contributed by atoms with van der Waals surface area (Å²) in [6.07, 6.45) is 3.06. The molecular formula is C14H20BrNO. The molecule has 2 nitrogen and oxygen atoms in total. The van der Waals surface area contributed by atoms with Crippen LogP contribution < -0.4 is 0 Å². The van der Waals surface area contributed by atoms with Gasteiger partial charge in [-0.2, -0.15) is 0 Å². The van der Waals surface area contributed by atoms with Crippen molar-refractivity contribution in [1.29, 1.82) is 0 Å². The number of benzene rings is 1. The predicted octanol–water partition coefficient (Wildman–Crippen LogP) is 2.79. The topological polar surface area (TPSA) is 23.5 Å². The van der Waals surface area contributed by atoms with E-state index in [1.165, 1.54) is 28.6 Å². The maximum absolute atomic E-state index is 8.84. The van der Waals surface area contributed by atoms with Crippen molar-refractivity contribution in [3.8, 4) is 0 Å². The normalized spacial score (nSPS) is 21.0. The summed E-state index contributed by atoms with van der Waals surface area (Å²) >= 11 is 3.69. The minimum atomic E-state index is 0.271. The molecule has 1 atom stereocenters. The van der Waals surface area contributed by atoms with Crippen LogP contribution in [0.2, 0.25) is 0 Å². The Balaban J connectivity index is 2.08. The molecule has 1 saturated heterocycles. The number of aryl methyl sites for hydroxylation is 1. The van der Waals surface area contributed by atoms with Crippen molar-refractivity contribution in [2.24, 2.45) is 0 Å². The third-order valence-corrected chi connectivity index (χ3v) is 4.21. The molecule has 0 amide bonds. The van der Waals surface area contributed by atoms with E-state index in [9.17, 15) is 0 Å².